The van der Waals surface area contributed by atoms with Crippen LogP contribution in [-0.2, 0) is 0 Å². The van der Waals surface area contributed by atoms with E-state index in [-0.39, 0.29) is 5.78 Å². The number of anilines is 2. The second-order valence-electron chi connectivity index (χ2n) is 6.03. The van der Waals surface area contributed by atoms with Crippen molar-refractivity contribution in [2.75, 3.05) is 17.6 Å². The van der Waals surface area contributed by atoms with Gasteiger partial charge in [-0.15, -0.1) is 0 Å². The first kappa shape index (κ1) is 14.9. The molecule has 1 aliphatic rings. The van der Waals surface area contributed by atoms with Gasteiger partial charge in [0.1, 0.15) is 0 Å². The normalized spacial score (nSPS) is 22.5. The molecule has 0 bridgehead atoms. The number of nitrogens with two attached hydrogens (primary N) is 1. The van der Waals surface area contributed by atoms with Crippen molar-refractivity contribution >= 4 is 17.2 Å². The number of hydrogen-bond acceptors (Lipinski definition) is 3. The lowest BCUT2D eigenvalue weighted by atomic mass is 9.81. The maximum Gasteiger partial charge on any atom is 0.161 e. The lowest BCUT2D eigenvalue weighted by molar-refractivity contribution is 0.101. The number of rotatable bonds is 5. The van der Waals surface area contributed by atoms with Gasteiger partial charge in [0.2, 0.25) is 0 Å². The molecule has 2 rings (SSSR count). The van der Waals surface area contributed by atoms with Gasteiger partial charge in [0.25, 0.3) is 0 Å². The van der Waals surface area contributed by atoms with Crippen LogP contribution in [0.2, 0.25) is 0 Å². The summed E-state index contributed by atoms with van der Waals surface area (Å²) in [5.41, 5.74) is 8.10. The van der Waals surface area contributed by atoms with E-state index in [1.165, 1.54) is 32.1 Å². The molecular formula is C17H26N2O. The van der Waals surface area contributed by atoms with Gasteiger partial charge in [-0.2, -0.15) is 0 Å². The van der Waals surface area contributed by atoms with Crippen LogP contribution in [0.1, 0.15) is 56.3 Å². The summed E-state index contributed by atoms with van der Waals surface area (Å²) >= 11 is 0. The summed E-state index contributed by atoms with van der Waals surface area (Å²) in [6, 6.07) is 5.63. The maximum absolute atomic E-state index is 11.3. The van der Waals surface area contributed by atoms with Crippen LogP contribution in [-0.4, -0.2) is 12.3 Å². The van der Waals surface area contributed by atoms with Crippen LogP contribution < -0.4 is 11.1 Å². The van der Waals surface area contributed by atoms with Crippen LogP contribution in [0.25, 0.3) is 0 Å². The molecule has 0 aromatic heterocycles. The molecule has 1 saturated carbocycles. The van der Waals surface area contributed by atoms with Gasteiger partial charge in [0.15, 0.2) is 5.78 Å². The summed E-state index contributed by atoms with van der Waals surface area (Å²) in [6.07, 6.45) is 6.71. The van der Waals surface area contributed by atoms with Gasteiger partial charge >= 0.3 is 0 Å². The Balaban J connectivity index is 1.85. The Kier molecular flexibility index (Phi) is 5.05. The van der Waals surface area contributed by atoms with Crippen LogP contribution in [0.5, 0.6) is 0 Å². The molecule has 0 amide bonds. The average molecular weight is 274 g/mol. The second kappa shape index (κ2) is 6.78. The van der Waals surface area contributed by atoms with Crippen molar-refractivity contribution in [2.24, 2.45) is 11.8 Å². The monoisotopic (exact) mass is 274 g/mol. The number of nitrogen functional groups attached to an aromatic ring is 1. The van der Waals surface area contributed by atoms with Gasteiger partial charge in [-0.05, 0) is 49.8 Å². The molecule has 0 radical (unpaired) electrons. The number of Topliss-reactive ketones (excluding diaryl/α,β-unsaturated/α-hetero) is 1. The molecule has 1 aromatic rings. The average Bonchev–Trinajstić information content (AvgIpc) is 2.45. The number of carbonyl (C=O) groups is 1. The molecule has 3 heteroatoms. The molecule has 0 spiro atoms. The number of carbonyl (C=O) groups excluding carboxylic acids is 1. The minimum absolute atomic E-state index is 0.0203. The zero-order chi connectivity index (χ0) is 14.5. The largest absolute Gasteiger partial charge is 0.398 e. The van der Waals surface area contributed by atoms with Crippen molar-refractivity contribution in [3.05, 3.63) is 23.8 Å². The van der Waals surface area contributed by atoms with Crippen molar-refractivity contribution in [2.45, 2.75) is 46.0 Å². The van der Waals surface area contributed by atoms with Crippen LogP contribution >= 0.6 is 0 Å². The number of hydrogen-bond donors (Lipinski definition) is 2. The van der Waals surface area contributed by atoms with Crippen LogP contribution in [0.4, 0.5) is 11.4 Å². The lowest BCUT2D eigenvalue weighted by Gasteiger charge is -2.28. The molecule has 0 atom stereocenters. The van der Waals surface area contributed by atoms with E-state index in [9.17, 15) is 4.79 Å². The van der Waals surface area contributed by atoms with Gasteiger partial charge in [-0.3, -0.25) is 4.79 Å². The molecule has 20 heavy (non-hydrogen) atoms. The van der Waals surface area contributed by atoms with E-state index in [1.54, 1.807) is 6.92 Å². The van der Waals surface area contributed by atoms with Crippen LogP contribution in [0.3, 0.4) is 0 Å². The van der Waals surface area contributed by atoms with E-state index in [2.05, 4.69) is 12.2 Å². The van der Waals surface area contributed by atoms with Crippen LogP contribution in [0.15, 0.2) is 18.2 Å². The highest BCUT2D eigenvalue weighted by Gasteiger charge is 2.19. The molecule has 1 aromatic carbocycles. The van der Waals surface area contributed by atoms with Crippen molar-refractivity contribution in [1.82, 2.24) is 0 Å². The Morgan fingerprint density at radius 3 is 2.45 bits per heavy atom. The van der Waals surface area contributed by atoms with E-state index in [0.717, 1.165) is 24.1 Å². The first-order valence-corrected chi connectivity index (χ1v) is 7.74. The van der Waals surface area contributed by atoms with E-state index >= 15 is 0 Å². The summed E-state index contributed by atoms with van der Waals surface area (Å²) in [7, 11) is 0. The molecule has 0 aliphatic heterocycles. The van der Waals surface area contributed by atoms with E-state index < -0.39 is 0 Å². The Morgan fingerprint density at radius 2 is 1.90 bits per heavy atom. The predicted molar refractivity (Wildman–Crippen MR) is 85.1 cm³/mol. The molecule has 0 saturated heterocycles. The maximum atomic E-state index is 11.3. The smallest absolute Gasteiger partial charge is 0.161 e. The summed E-state index contributed by atoms with van der Waals surface area (Å²) in [5, 5.41) is 3.46. The van der Waals surface area contributed by atoms with Crippen molar-refractivity contribution in [1.29, 1.82) is 0 Å². The lowest BCUT2D eigenvalue weighted by Crippen LogP contribution is -2.21. The molecule has 1 aliphatic carbocycles. The first-order chi connectivity index (χ1) is 9.60. The molecule has 0 unspecified atom stereocenters. The van der Waals surface area contributed by atoms with E-state index in [0.29, 0.717) is 11.3 Å². The third kappa shape index (κ3) is 3.75. The molecule has 110 valence electrons. The van der Waals surface area contributed by atoms with Crippen molar-refractivity contribution in [3.8, 4) is 0 Å². The highest BCUT2D eigenvalue weighted by atomic mass is 16.1. The van der Waals surface area contributed by atoms with E-state index in [1.807, 2.05) is 18.2 Å². The summed E-state index contributed by atoms with van der Waals surface area (Å²) in [6.45, 7) is 4.85. The standard InChI is InChI=1S/C17H26N2O/c1-3-13-4-6-14(7-5-13)11-19-15-8-9-16(12(2)20)17(18)10-15/h8-10,13-14,19H,3-7,11,18H2,1-2H3. The Bertz CT molecular complexity index is 462. The fraction of sp³-hybridized carbons (Fsp3) is 0.588. The summed E-state index contributed by atoms with van der Waals surface area (Å²) in [4.78, 5) is 11.3. The van der Waals surface area contributed by atoms with Crippen molar-refractivity contribution < 1.29 is 4.79 Å². The molecular weight excluding hydrogens is 248 g/mol. The fourth-order valence-electron chi connectivity index (χ4n) is 3.10. The topological polar surface area (TPSA) is 55.1 Å². The minimum Gasteiger partial charge on any atom is -0.398 e. The molecule has 3 N–H and O–H groups in total. The molecule has 3 nitrogen and oxygen atoms in total. The quantitative estimate of drug-likeness (QED) is 0.628. The summed E-state index contributed by atoms with van der Waals surface area (Å²) in [5.74, 6) is 1.73. The first-order valence-electron chi connectivity index (χ1n) is 7.74. The highest BCUT2D eigenvalue weighted by Crippen LogP contribution is 2.30. The third-order valence-corrected chi connectivity index (χ3v) is 4.57. The van der Waals surface area contributed by atoms with Crippen molar-refractivity contribution in [3.63, 3.8) is 0 Å². The third-order valence-electron chi connectivity index (χ3n) is 4.57. The highest BCUT2D eigenvalue weighted by molar-refractivity contribution is 5.99. The van der Waals surface area contributed by atoms with Crippen LogP contribution in [0, 0.1) is 11.8 Å². The second-order valence-corrected chi connectivity index (χ2v) is 6.03. The Morgan fingerprint density at radius 1 is 1.25 bits per heavy atom. The van der Waals surface area contributed by atoms with E-state index in [4.69, 9.17) is 5.73 Å². The van der Waals surface area contributed by atoms with Gasteiger partial charge in [-0.25, -0.2) is 0 Å². The summed E-state index contributed by atoms with van der Waals surface area (Å²) < 4.78 is 0. The Labute approximate surface area is 121 Å². The number of nitrogens with one attached hydrogen (secondary N) is 1. The molecule has 0 heterocycles. The molecule has 1 fully saturated rings. The van der Waals surface area contributed by atoms with Gasteiger partial charge in [-0.1, -0.05) is 26.2 Å². The van der Waals surface area contributed by atoms with Gasteiger partial charge in [0, 0.05) is 23.5 Å². The number of benzene rings is 1. The predicted octanol–water partition coefficient (Wildman–Crippen LogP) is 4.10. The fourth-order valence-corrected chi connectivity index (χ4v) is 3.10. The zero-order valence-electron chi connectivity index (χ0n) is 12.6. The minimum atomic E-state index is 0.0203. The SMILES string of the molecule is CCC1CCC(CNc2ccc(C(C)=O)c(N)c2)CC1. The number of ketones is 1. The Hall–Kier alpha value is -1.51. The van der Waals surface area contributed by atoms with Gasteiger partial charge in [0.05, 0.1) is 0 Å². The zero-order valence-corrected chi connectivity index (χ0v) is 12.6. The van der Waals surface area contributed by atoms with Gasteiger partial charge < -0.3 is 11.1 Å².